The van der Waals surface area contributed by atoms with Crippen LogP contribution in [0.15, 0.2) is 17.2 Å². The van der Waals surface area contributed by atoms with Gasteiger partial charge in [-0.05, 0) is 6.92 Å². The van der Waals surface area contributed by atoms with Crippen LogP contribution in [-0.2, 0) is 14.1 Å². The van der Waals surface area contributed by atoms with Crippen LogP contribution in [0.4, 0.5) is 0 Å². The standard InChI is InChI=1S/C8H11N5O/c1-6-10-12(3)8(14)13(6)7-4-9-11(2)5-7/h4-5H,1-3H3. The van der Waals surface area contributed by atoms with Crippen molar-refractivity contribution in [2.45, 2.75) is 6.92 Å². The number of hydrogen-bond donors (Lipinski definition) is 0. The molecule has 0 saturated heterocycles. The third-order valence-electron chi connectivity index (χ3n) is 2.04. The van der Waals surface area contributed by atoms with Gasteiger partial charge in [0, 0.05) is 20.3 Å². The van der Waals surface area contributed by atoms with Gasteiger partial charge in [0.05, 0.1) is 11.9 Å². The predicted octanol–water partition coefficient (Wildman–Crippen LogP) is -0.387. The summed E-state index contributed by atoms with van der Waals surface area (Å²) in [6, 6.07) is 0. The number of nitrogens with zero attached hydrogens (tertiary/aromatic N) is 5. The van der Waals surface area contributed by atoms with Crippen molar-refractivity contribution in [3.8, 4) is 5.69 Å². The molecule has 0 bridgehead atoms. The Labute approximate surface area is 80.4 Å². The van der Waals surface area contributed by atoms with Gasteiger partial charge in [0.25, 0.3) is 0 Å². The third kappa shape index (κ3) is 1.15. The monoisotopic (exact) mass is 193 g/mol. The van der Waals surface area contributed by atoms with Crippen molar-refractivity contribution in [3.63, 3.8) is 0 Å². The summed E-state index contributed by atoms with van der Waals surface area (Å²) in [5.41, 5.74) is 0.582. The average Bonchev–Trinajstić information content (AvgIpc) is 2.60. The molecule has 74 valence electrons. The second kappa shape index (κ2) is 2.83. The Balaban J connectivity index is 2.67. The van der Waals surface area contributed by atoms with Crippen LogP contribution < -0.4 is 5.69 Å². The summed E-state index contributed by atoms with van der Waals surface area (Å²) in [5.74, 6) is 0.658. The molecule has 0 N–H and O–H groups in total. The van der Waals surface area contributed by atoms with Gasteiger partial charge in [0.15, 0.2) is 0 Å². The third-order valence-corrected chi connectivity index (χ3v) is 2.04. The van der Waals surface area contributed by atoms with E-state index in [1.54, 1.807) is 38.1 Å². The van der Waals surface area contributed by atoms with Crippen LogP contribution in [0.1, 0.15) is 5.82 Å². The highest BCUT2D eigenvalue weighted by Gasteiger charge is 2.09. The first-order valence-corrected chi connectivity index (χ1v) is 4.21. The summed E-state index contributed by atoms with van der Waals surface area (Å²) in [5, 5.41) is 8.03. The van der Waals surface area contributed by atoms with Gasteiger partial charge in [0.1, 0.15) is 5.82 Å². The SMILES string of the molecule is Cc1nn(C)c(=O)n1-c1cnn(C)c1. The number of hydrogen-bond acceptors (Lipinski definition) is 3. The quantitative estimate of drug-likeness (QED) is 0.620. The minimum Gasteiger partial charge on any atom is -0.274 e. The smallest absolute Gasteiger partial charge is 0.274 e. The van der Waals surface area contributed by atoms with Crippen molar-refractivity contribution in [1.29, 1.82) is 0 Å². The van der Waals surface area contributed by atoms with E-state index in [-0.39, 0.29) is 5.69 Å². The molecule has 0 saturated carbocycles. The van der Waals surface area contributed by atoms with Crippen molar-refractivity contribution in [2.75, 3.05) is 0 Å². The first-order chi connectivity index (χ1) is 6.59. The second-order valence-electron chi connectivity index (χ2n) is 3.16. The lowest BCUT2D eigenvalue weighted by molar-refractivity contribution is 0.722. The molecular formula is C8H11N5O. The van der Waals surface area contributed by atoms with Crippen LogP contribution in [0.25, 0.3) is 5.69 Å². The molecule has 6 nitrogen and oxygen atoms in total. The van der Waals surface area contributed by atoms with Gasteiger partial charge in [-0.2, -0.15) is 10.2 Å². The van der Waals surface area contributed by atoms with Crippen LogP contribution in [0, 0.1) is 6.92 Å². The van der Waals surface area contributed by atoms with Crippen LogP contribution in [0.3, 0.4) is 0 Å². The molecule has 2 aromatic heterocycles. The zero-order chi connectivity index (χ0) is 10.3. The highest BCUT2D eigenvalue weighted by molar-refractivity contribution is 5.26. The van der Waals surface area contributed by atoms with E-state index in [0.29, 0.717) is 5.82 Å². The second-order valence-corrected chi connectivity index (χ2v) is 3.16. The highest BCUT2D eigenvalue weighted by Crippen LogP contribution is 2.03. The van der Waals surface area contributed by atoms with Gasteiger partial charge >= 0.3 is 5.69 Å². The topological polar surface area (TPSA) is 57.6 Å². The summed E-state index contributed by atoms with van der Waals surface area (Å²) < 4.78 is 4.48. The van der Waals surface area contributed by atoms with E-state index < -0.39 is 0 Å². The highest BCUT2D eigenvalue weighted by atomic mass is 16.2. The molecule has 0 aliphatic heterocycles. The molecule has 0 radical (unpaired) electrons. The molecule has 0 aliphatic carbocycles. The zero-order valence-corrected chi connectivity index (χ0v) is 8.30. The zero-order valence-electron chi connectivity index (χ0n) is 8.30. The predicted molar refractivity (Wildman–Crippen MR) is 50.3 cm³/mol. The Hall–Kier alpha value is -1.85. The number of rotatable bonds is 1. The van der Waals surface area contributed by atoms with E-state index in [1.165, 1.54) is 9.25 Å². The van der Waals surface area contributed by atoms with Crippen molar-refractivity contribution in [2.24, 2.45) is 14.1 Å². The number of aryl methyl sites for hydroxylation is 3. The minimum atomic E-state index is -0.157. The maximum Gasteiger partial charge on any atom is 0.350 e. The van der Waals surface area contributed by atoms with Gasteiger partial charge < -0.3 is 0 Å². The normalized spacial score (nSPS) is 10.8. The summed E-state index contributed by atoms with van der Waals surface area (Å²) in [6.45, 7) is 1.79. The molecule has 2 heterocycles. The average molecular weight is 193 g/mol. The summed E-state index contributed by atoms with van der Waals surface area (Å²) in [7, 11) is 3.43. The van der Waals surface area contributed by atoms with Gasteiger partial charge in [-0.25, -0.2) is 14.0 Å². The molecule has 0 aromatic carbocycles. The Bertz CT molecular complexity index is 518. The Kier molecular flexibility index (Phi) is 1.77. The van der Waals surface area contributed by atoms with E-state index in [0.717, 1.165) is 5.69 Å². The molecule has 14 heavy (non-hydrogen) atoms. The van der Waals surface area contributed by atoms with Crippen molar-refractivity contribution >= 4 is 0 Å². The van der Waals surface area contributed by atoms with E-state index in [2.05, 4.69) is 10.2 Å². The van der Waals surface area contributed by atoms with Crippen LogP contribution in [0.5, 0.6) is 0 Å². The van der Waals surface area contributed by atoms with E-state index >= 15 is 0 Å². The van der Waals surface area contributed by atoms with E-state index in [4.69, 9.17) is 0 Å². The largest absolute Gasteiger partial charge is 0.350 e. The van der Waals surface area contributed by atoms with Gasteiger partial charge in [-0.3, -0.25) is 4.68 Å². The van der Waals surface area contributed by atoms with Crippen molar-refractivity contribution < 1.29 is 0 Å². The lowest BCUT2D eigenvalue weighted by Gasteiger charge is -1.95. The van der Waals surface area contributed by atoms with Crippen LogP contribution in [0.2, 0.25) is 0 Å². The summed E-state index contributed by atoms with van der Waals surface area (Å²) >= 11 is 0. The van der Waals surface area contributed by atoms with Gasteiger partial charge in [0.2, 0.25) is 0 Å². The minimum absolute atomic E-state index is 0.157. The fourth-order valence-electron chi connectivity index (χ4n) is 1.41. The molecule has 2 rings (SSSR count). The number of aromatic nitrogens is 5. The Morgan fingerprint density at radius 1 is 1.36 bits per heavy atom. The van der Waals surface area contributed by atoms with E-state index in [9.17, 15) is 4.79 Å². The molecule has 0 spiro atoms. The first kappa shape index (κ1) is 8.74. The van der Waals surface area contributed by atoms with Crippen molar-refractivity contribution in [1.82, 2.24) is 24.1 Å². The molecular weight excluding hydrogens is 182 g/mol. The molecule has 0 atom stereocenters. The molecule has 0 unspecified atom stereocenters. The molecule has 2 aromatic rings. The molecule has 0 aliphatic rings. The van der Waals surface area contributed by atoms with Crippen LogP contribution in [-0.4, -0.2) is 24.1 Å². The van der Waals surface area contributed by atoms with Crippen molar-refractivity contribution in [3.05, 3.63) is 28.7 Å². The Morgan fingerprint density at radius 2 is 2.07 bits per heavy atom. The van der Waals surface area contributed by atoms with Gasteiger partial charge in [-0.1, -0.05) is 0 Å². The fraction of sp³-hybridized carbons (Fsp3) is 0.375. The fourth-order valence-corrected chi connectivity index (χ4v) is 1.41. The summed E-state index contributed by atoms with van der Waals surface area (Å²) in [4.78, 5) is 11.6. The maximum atomic E-state index is 11.6. The van der Waals surface area contributed by atoms with Crippen LogP contribution >= 0.6 is 0 Å². The Morgan fingerprint density at radius 3 is 2.50 bits per heavy atom. The molecule has 0 amide bonds. The maximum absolute atomic E-state index is 11.6. The first-order valence-electron chi connectivity index (χ1n) is 4.21. The lowest BCUT2D eigenvalue weighted by atomic mass is 10.5. The van der Waals surface area contributed by atoms with E-state index in [1.807, 2.05) is 0 Å². The summed E-state index contributed by atoms with van der Waals surface area (Å²) in [6.07, 6.45) is 3.41. The lowest BCUT2D eigenvalue weighted by Crippen LogP contribution is -2.21. The molecule has 6 heteroatoms. The van der Waals surface area contributed by atoms with Gasteiger partial charge in [-0.15, -0.1) is 0 Å². The molecule has 0 fully saturated rings.